The zero-order valence-corrected chi connectivity index (χ0v) is 16.4. The lowest BCUT2D eigenvalue weighted by atomic mass is 10.0. The second-order valence-electron chi connectivity index (χ2n) is 6.88. The van der Waals surface area contributed by atoms with Crippen LogP contribution >= 0.6 is 0 Å². The number of aromatic nitrogens is 4. The van der Waals surface area contributed by atoms with Crippen molar-refractivity contribution in [1.29, 1.82) is 0 Å². The molecule has 1 aliphatic rings. The third-order valence-corrected chi connectivity index (χ3v) is 5.69. The van der Waals surface area contributed by atoms with E-state index < -0.39 is 33.1 Å². The van der Waals surface area contributed by atoms with E-state index in [1.165, 1.54) is 18.2 Å². The fourth-order valence-corrected chi connectivity index (χ4v) is 4.19. The van der Waals surface area contributed by atoms with Crippen LogP contribution in [-0.2, 0) is 20.8 Å². The lowest BCUT2D eigenvalue weighted by Crippen LogP contribution is -2.24. The highest BCUT2D eigenvalue weighted by molar-refractivity contribution is 7.90. The molecule has 1 aliphatic heterocycles. The van der Waals surface area contributed by atoms with Crippen LogP contribution in [0, 0.1) is 0 Å². The fourth-order valence-electron chi connectivity index (χ4n) is 3.39. The molecule has 0 aliphatic carbocycles. The van der Waals surface area contributed by atoms with Crippen molar-refractivity contribution < 1.29 is 26.3 Å². The van der Waals surface area contributed by atoms with E-state index in [0.29, 0.717) is 13.0 Å². The summed E-state index contributed by atoms with van der Waals surface area (Å²) in [7, 11) is -3.81. The lowest BCUT2D eigenvalue weighted by molar-refractivity contribution is -0.136. The summed E-state index contributed by atoms with van der Waals surface area (Å²) in [4.78, 5) is 7.60. The van der Waals surface area contributed by atoms with Crippen LogP contribution in [0.25, 0.3) is 22.2 Å². The highest BCUT2D eigenvalue weighted by Crippen LogP contribution is 2.43. The number of halogens is 3. The minimum Gasteiger partial charge on any atom is -0.379 e. The smallest absolute Gasteiger partial charge is 0.379 e. The highest BCUT2D eigenvalue weighted by atomic mass is 32.2. The number of hydrogen-bond acceptors (Lipinski definition) is 8. The maximum atomic E-state index is 14.1. The van der Waals surface area contributed by atoms with E-state index in [1.54, 1.807) is 0 Å². The van der Waals surface area contributed by atoms with Crippen LogP contribution in [0.2, 0.25) is 0 Å². The Morgan fingerprint density at radius 2 is 2.07 bits per heavy atom. The molecule has 2 aromatic heterocycles. The van der Waals surface area contributed by atoms with E-state index in [4.69, 9.17) is 10.5 Å². The van der Waals surface area contributed by atoms with Gasteiger partial charge in [0, 0.05) is 23.8 Å². The highest BCUT2D eigenvalue weighted by Gasteiger charge is 2.40. The predicted octanol–water partition coefficient (Wildman–Crippen LogP) is 2.23. The third-order valence-electron chi connectivity index (χ3n) is 4.65. The van der Waals surface area contributed by atoms with Gasteiger partial charge in [-0.05, 0) is 12.5 Å². The topological polar surface area (TPSA) is 136 Å². The van der Waals surface area contributed by atoms with Gasteiger partial charge in [-0.1, -0.05) is 12.1 Å². The van der Waals surface area contributed by atoms with E-state index >= 15 is 0 Å². The van der Waals surface area contributed by atoms with Gasteiger partial charge in [0.2, 0.25) is 5.95 Å². The zero-order chi connectivity index (χ0) is 21.7. The Labute approximate surface area is 168 Å². The molecule has 4 N–H and O–H groups in total. The molecular formula is C17H17F3N6O3S. The van der Waals surface area contributed by atoms with E-state index in [9.17, 15) is 21.6 Å². The Balaban J connectivity index is 2.02. The van der Waals surface area contributed by atoms with Crippen molar-refractivity contribution in [3.05, 3.63) is 23.8 Å². The zero-order valence-electron chi connectivity index (χ0n) is 15.6. The molecule has 3 aromatic rings. The number of benzene rings is 1. The van der Waals surface area contributed by atoms with E-state index in [2.05, 4.69) is 25.5 Å². The Morgan fingerprint density at radius 3 is 2.70 bits per heavy atom. The first-order valence-corrected chi connectivity index (χ1v) is 10.7. The molecular weight excluding hydrogens is 425 g/mol. The summed E-state index contributed by atoms with van der Waals surface area (Å²) in [5.41, 5.74) is 4.15. The average Bonchev–Trinajstić information content (AvgIpc) is 3.28. The van der Waals surface area contributed by atoms with Crippen molar-refractivity contribution in [2.24, 2.45) is 0 Å². The SMILES string of the molecule is CS(=O)(=O)c1[nH]nc2cccc(-c3nc(N)nc(NC4CCOC4)c3C(F)(F)F)c12. The number of fused-ring (bicyclic) bond motifs is 1. The standard InChI is InChI=1S/C17H17F3N6O3S/c1-30(27,28)15-11-9(3-2-4-10(11)25-26-15)13-12(17(18,19)20)14(24-16(21)23-13)22-8-5-6-29-7-8/h2-4,8H,5-7H2,1H3,(H,25,26)(H3,21,22,23,24). The van der Waals surface area contributed by atoms with Crippen molar-refractivity contribution in [3.63, 3.8) is 0 Å². The lowest BCUT2D eigenvalue weighted by Gasteiger charge is -2.20. The number of alkyl halides is 3. The molecule has 1 fully saturated rings. The quantitative estimate of drug-likeness (QED) is 0.560. The minimum absolute atomic E-state index is 0.00116. The fraction of sp³-hybridized carbons (Fsp3) is 0.353. The number of rotatable bonds is 4. The van der Waals surface area contributed by atoms with Crippen LogP contribution in [-0.4, -0.2) is 54.1 Å². The summed E-state index contributed by atoms with van der Waals surface area (Å²) in [5.74, 6) is -0.872. The molecule has 13 heteroatoms. The molecule has 4 rings (SSSR count). The molecule has 1 saturated heterocycles. The number of nitrogens with zero attached hydrogens (tertiary/aromatic N) is 3. The number of hydrogen-bond donors (Lipinski definition) is 3. The van der Waals surface area contributed by atoms with Gasteiger partial charge in [0.05, 0.1) is 23.9 Å². The molecule has 160 valence electrons. The number of ether oxygens (including phenoxy) is 1. The Hall–Kier alpha value is -2.93. The summed E-state index contributed by atoms with van der Waals surface area (Å²) >= 11 is 0. The molecule has 1 atom stereocenters. The van der Waals surface area contributed by atoms with Crippen LogP contribution in [0.15, 0.2) is 23.2 Å². The van der Waals surface area contributed by atoms with Gasteiger partial charge in [-0.3, -0.25) is 5.10 Å². The van der Waals surface area contributed by atoms with Crippen LogP contribution in [0.1, 0.15) is 12.0 Å². The Bertz CT molecular complexity index is 1220. The largest absolute Gasteiger partial charge is 0.422 e. The second-order valence-corrected chi connectivity index (χ2v) is 8.83. The molecule has 3 heterocycles. The Kier molecular flexibility index (Phi) is 4.81. The molecule has 0 radical (unpaired) electrons. The summed E-state index contributed by atoms with van der Waals surface area (Å²) in [6.45, 7) is 0.643. The van der Waals surface area contributed by atoms with Crippen molar-refractivity contribution in [1.82, 2.24) is 20.2 Å². The molecule has 0 saturated carbocycles. The van der Waals surface area contributed by atoms with Gasteiger partial charge < -0.3 is 15.8 Å². The number of H-pyrrole nitrogens is 1. The molecule has 0 spiro atoms. The third kappa shape index (κ3) is 3.65. The Morgan fingerprint density at radius 1 is 1.30 bits per heavy atom. The van der Waals surface area contributed by atoms with Crippen molar-refractivity contribution in [2.45, 2.75) is 23.7 Å². The summed E-state index contributed by atoms with van der Waals surface area (Å²) in [6, 6.07) is 3.91. The van der Waals surface area contributed by atoms with Crippen LogP contribution in [0.3, 0.4) is 0 Å². The molecule has 1 unspecified atom stereocenters. The summed E-state index contributed by atoms with van der Waals surface area (Å²) < 4.78 is 71.9. The van der Waals surface area contributed by atoms with E-state index in [1.807, 2.05) is 0 Å². The monoisotopic (exact) mass is 442 g/mol. The first-order valence-electron chi connectivity index (χ1n) is 8.82. The van der Waals surface area contributed by atoms with Crippen LogP contribution in [0.4, 0.5) is 24.9 Å². The van der Waals surface area contributed by atoms with Gasteiger partial charge in [-0.25, -0.2) is 13.4 Å². The number of sulfone groups is 1. The number of nitrogens with one attached hydrogen (secondary N) is 2. The van der Waals surface area contributed by atoms with Gasteiger partial charge in [0.15, 0.2) is 14.9 Å². The van der Waals surface area contributed by atoms with Gasteiger partial charge >= 0.3 is 6.18 Å². The summed E-state index contributed by atoms with van der Waals surface area (Å²) in [5, 5.41) is 8.71. The summed E-state index contributed by atoms with van der Waals surface area (Å²) in [6.07, 6.45) is -3.41. The minimum atomic E-state index is -4.85. The van der Waals surface area contributed by atoms with Crippen molar-refractivity contribution in [2.75, 3.05) is 30.5 Å². The molecule has 0 amide bonds. The molecule has 30 heavy (non-hydrogen) atoms. The second kappa shape index (κ2) is 7.09. The van der Waals surface area contributed by atoms with Gasteiger partial charge in [-0.15, -0.1) is 0 Å². The molecule has 9 nitrogen and oxygen atoms in total. The van der Waals surface area contributed by atoms with Gasteiger partial charge in [-0.2, -0.15) is 23.3 Å². The first-order chi connectivity index (χ1) is 14.1. The number of nitrogen functional groups attached to an aromatic ring is 1. The number of aromatic amines is 1. The van der Waals surface area contributed by atoms with Crippen molar-refractivity contribution >= 4 is 32.5 Å². The van der Waals surface area contributed by atoms with Crippen molar-refractivity contribution in [3.8, 4) is 11.3 Å². The normalized spacial score (nSPS) is 17.5. The maximum absolute atomic E-state index is 14.1. The van der Waals surface area contributed by atoms with Crippen LogP contribution < -0.4 is 11.1 Å². The molecule has 1 aromatic carbocycles. The first kappa shape index (κ1) is 20.3. The average molecular weight is 442 g/mol. The maximum Gasteiger partial charge on any atom is 0.422 e. The van der Waals surface area contributed by atoms with E-state index in [-0.39, 0.29) is 40.1 Å². The number of nitrogens with two attached hydrogens (primary N) is 1. The van der Waals surface area contributed by atoms with Gasteiger partial charge in [0.25, 0.3) is 0 Å². The van der Waals surface area contributed by atoms with Crippen LogP contribution in [0.5, 0.6) is 0 Å². The predicted molar refractivity (Wildman–Crippen MR) is 102 cm³/mol. The van der Waals surface area contributed by atoms with Gasteiger partial charge in [0.1, 0.15) is 11.4 Å². The molecule has 0 bridgehead atoms. The van der Waals surface area contributed by atoms with E-state index in [0.717, 1.165) is 6.26 Å². The number of anilines is 2.